The van der Waals surface area contributed by atoms with Crippen molar-refractivity contribution in [2.24, 2.45) is 5.92 Å². The van der Waals surface area contributed by atoms with Gasteiger partial charge in [0.1, 0.15) is 11.8 Å². The molecule has 0 unspecified atom stereocenters. The highest BCUT2D eigenvalue weighted by atomic mass is 16.5. The second-order valence-corrected chi connectivity index (χ2v) is 7.87. The van der Waals surface area contributed by atoms with Crippen molar-refractivity contribution in [1.82, 2.24) is 10.2 Å². The lowest BCUT2D eigenvalue weighted by atomic mass is 10.1. The van der Waals surface area contributed by atoms with Crippen LogP contribution >= 0.6 is 0 Å². The van der Waals surface area contributed by atoms with Gasteiger partial charge in [0.25, 0.3) is 5.91 Å². The normalized spacial score (nSPS) is 11.8. The molecule has 29 heavy (non-hydrogen) atoms. The average Bonchev–Trinajstić information content (AvgIpc) is 2.69. The van der Waals surface area contributed by atoms with E-state index in [1.165, 1.54) is 0 Å². The Bertz CT molecular complexity index is 832. The van der Waals surface area contributed by atoms with Gasteiger partial charge in [-0.05, 0) is 55.5 Å². The fraction of sp³-hybridized carbons (Fsp3) is 0.417. The summed E-state index contributed by atoms with van der Waals surface area (Å²) in [6.45, 7) is 10.6. The summed E-state index contributed by atoms with van der Waals surface area (Å²) in [5.41, 5.74) is 3.16. The molecule has 5 nitrogen and oxygen atoms in total. The highest BCUT2D eigenvalue weighted by Crippen LogP contribution is 2.16. The van der Waals surface area contributed by atoms with Crippen molar-refractivity contribution in [2.75, 3.05) is 13.2 Å². The molecule has 0 aliphatic heterocycles. The lowest BCUT2D eigenvalue weighted by Crippen LogP contribution is -2.49. The maximum absolute atomic E-state index is 13.0. The van der Waals surface area contributed by atoms with Crippen molar-refractivity contribution in [2.45, 2.75) is 47.2 Å². The second kappa shape index (κ2) is 10.6. The van der Waals surface area contributed by atoms with E-state index in [1.807, 2.05) is 76.2 Å². The van der Waals surface area contributed by atoms with Gasteiger partial charge in [0, 0.05) is 13.1 Å². The number of aryl methyl sites for hydroxylation is 2. The first-order valence-electron chi connectivity index (χ1n) is 10.1. The van der Waals surface area contributed by atoms with Crippen LogP contribution in [0.15, 0.2) is 48.5 Å². The Morgan fingerprint density at radius 3 is 2.41 bits per heavy atom. The zero-order valence-corrected chi connectivity index (χ0v) is 18.1. The molecule has 2 amide bonds. The minimum Gasteiger partial charge on any atom is -0.484 e. The predicted molar refractivity (Wildman–Crippen MR) is 116 cm³/mol. The van der Waals surface area contributed by atoms with E-state index < -0.39 is 6.04 Å². The Morgan fingerprint density at radius 1 is 1.03 bits per heavy atom. The van der Waals surface area contributed by atoms with E-state index in [2.05, 4.69) is 5.32 Å². The van der Waals surface area contributed by atoms with Gasteiger partial charge in [-0.1, -0.05) is 50.2 Å². The summed E-state index contributed by atoms with van der Waals surface area (Å²) < 4.78 is 5.70. The minimum absolute atomic E-state index is 0.114. The number of hydrogen-bond donors (Lipinski definition) is 1. The van der Waals surface area contributed by atoms with Crippen LogP contribution in [-0.2, 0) is 16.1 Å². The standard InChI is InChI=1S/C24H32N2O3/c1-17(2)14-25-24(28)20(5)26(15-21-11-7-6-10-19(21)4)23(27)16-29-22-12-8-9-18(3)13-22/h6-13,17,20H,14-16H2,1-5H3,(H,25,28)/t20-/m1/s1. The fourth-order valence-electron chi connectivity index (χ4n) is 2.94. The van der Waals surface area contributed by atoms with Gasteiger partial charge in [-0.3, -0.25) is 9.59 Å². The maximum Gasteiger partial charge on any atom is 0.261 e. The monoisotopic (exact) mass is 396 g/mol. The van der Waals surface area contributed by atoms with Crippen LogP contribution in [0.3, 0.4) is 0 Å². The molecule has 5 heteroatoms. The third kappa shape index (κ3) is 6.93. The number of carbonyl (C=O) groups is 2. The summed E-state index contributed by atoms with van der Waals surface area (Å²) in [6, 6.07) is 14.9. The van der Waals surface area contributed by atoms with Crippen LogP contribution in [0.25, 0.3) is 0 Å². The molecule has 0 bridgehead atoms. The first kappa shape index (κ1) is 22.5. The summed E-state index contributed by atoms with van der Waals surface area (Å²) in [7, 11) is 0. The summed E-state index contributed by atoms with van der Waals surface area (Å²) >= 11 is 0. The first-order valence-corrected chi connectivity index (χ1v) is 10.1. The van der Waals surface area contributed by atoms with Gasteiger partial charge >= 0.3 is 0 Å². The van der Waals surface area contributed by atoms with Crippen molar-refractivity contribution in [3.05, 3.63) is 65.2 Å². The molecule has 0 saturated heterocycles. The number of nitrogens with one attached hydrogen (secondary N) is 1. The van der Waals surface area contributed by atoms with Crippen molar-refractivity contribution in [3.63, 3.8) is 0 Å². The van der Waals surface area contributed by atoms with Crippen molar-refractivity contribution in [3.8, 4) is 5.75 Å². The predicted octanol–water partition coefficient (Wildman–Crippen LogP) is 3.87. The van der Waals surface area contributed by atoms with Gasteiger partial charge in [0.2, 0.25) is 5.91 Å². The van der Waals surface area contributed by atoms with Gasteiger partial charge in [0.15, 0.2) is 6.61 Å². The van der Waals surface area contributed by atoms with Gasteiger partial charge in [-0.15, -0.1) is 0 Å². The minimum atomic E-state index is -0.595. The summed E-state index contributed by atoms with van der Waals surface area (Å²) in [4.78, 5) is 27.3. The molecular weight excluding hydrogens is 364 g/mol. The van der Waals surface area contributed by atoms with E-state index in [0.717, 1.165) is 16.7 Å². The van der Waals surface area contributed by atoms with Crippen molar-refractivity contribution >= 4 is 11.8 Å². The quantitative estimate of drug-likeness (QED) is 0.700. The molecule has 2 aromatic carbocycles. The Balaban J connectivity index is 2.14. The Kier molecular flexibility index (Phi) is 8.25. The number of benzene rings is 2. The van der Waals surface area contributed by atoms with E-state index >= 15 is 0 Å². The smallest absolute Gasteiger partial charge is 0.261 e. The van der Waals surface area contributed by atoms with E-state index in [0.29, 0.717) is 24.8 Å². The number of nitrogens with zero attached hydrogens (tertiary/aromatic N) is 1. The van der Waals surface area contributed by atoms with E-state index in [1.54, 1.807) is 11.8 Å². The van der Waals surface area contributed by atoms with Crippen LogP contribution in [-0.4, -0.2) is 35.9 Å². The third-order valence-corrected chi connectivity index (χ3v) is 4.81. The molecule has 0 aliphatic carbocycles. The number of ether oxygens (including phenoxy) is 1. The number of carbonyl (C=O) groups excluding carboxylic acids is 2. The van der Waals surface area contributed by atoms with Gasteiger partial charge < -0.3 is 15.0 Å². The van der Waals surface area contributed by atoms with Crippen LogP contribution in [0.4, 0.5) is 0 Å². The largest absolute Gasteiger partial charge is 0.484 e. The lowest BCUT2D eigenvalue weighted by Gasteiger charge is -2.29. The molecule has 0 spiro atoms. The SMILES string of the molecule is Cc1cccc(OCC(=O)N(Cc2ccccc2C)[C@H](C)C(=O)NCC(C)C)c1. The molecule has 0 saturated carbocycles. The zero-order chi connectivity index (χ0) is 21.4. The van der Waals surface area contributed by atoms with E-state index in [9.17, 15) is 9.59 Å². The third-order valence-electron chi connectivity index (χ3n) is 4.81. The zero-order valence-electron chi connectivity index (χ0n) is 18.1. The maximum atomic E-state index is 13.0. The highest BCUT2D eigenvalue weighted by Gasteiger charge is 2.26. The van der Waals surface area contributed by atoms with Crippen LogP contribution < -0.4 is 10.1 Å². The molecule has 1 atom stereocenters. The Morgan fingerprint density at radius 2 is 1.76 bits per heavy atom. The highest BCUT2D eigenvalue weighted by molar-refractivity contribution is 5.88. The molecule has 0 aromatic heterocycles. The van der Waals surface area contributed by atoms with Gasteiger partial charge in [-0.25, -0.2) is 0 Å². The van der Waals surface area contributed by atoms with E-state index in [4.69, 9.17) is 4.74 Å². The molecule has 0 heterocycles. The molecule has 156 valence electrons. The molecule has 2 aromatic rings. The number of hydrogen-bond acceptors (Lipinski definition) is 3. The average molecular weight is 397 g/mol. The molecule has 1 N–H and O–H groups in total. The first-order chi connectivity index (χ1) is 13.8. The van der Waals surface area contributed by atoms with Crippen LogP contribution in [0.1, 0.15) is 37.5 Å². The summed E-state index contributed by atoms with van der Waals surface area (Å²) in [5.74, 6) is 0.612. The van der Waals surface area contributed by atoms with Crippen molar-refractivity contribution < 1.29 is 14.3 Å². The number of amides is 2. The molecule has 0 radical (unpaired) electrons. The summed E-state index contributed by atoms with van der Waals surface area (Å²) in [5, 5.41) is 2.93. The molecule has 0 aliphatic rings. The summed E-state index contributed by atoms with van der Waals surface area (Å²) in [6.07, 6.45) is 0. The topological polar surface area (TPSA) is 58.6 Å². The lowest BCUT2D eigenvalue weighted by molar-refractivity contribution is -0.142. The Labute approximate surface area is 174 Å². The van der Waals surface area contributed by atoms with Crippen molar-refractivity contribution in [1.29, 1.82) is 0 Å². The Hall–Kier alpha value is -2.82. The molecule has 0 fully saturated rings. The van der Waals surface area contributed by atoms with Crippen LogP contribution in [0.2, 0.25) is 0 Å². The van der Waals surface area contributed by atoms with Gasteiger partial charge in [-0.2, -0.15) is 0 Å². The second-order valence-electron chi connectivity index (χ2n) is 7.87. The number of rotatable bonds is 9. The van der Waals surface area contributed by atoms with Crippen LogP contribution in [0, 0.1) is 19.8 Å². The molecular formula is C24H32N2O3. The molecule has 2 rings (SSSR count). The fourth-order valence-corrected chi connectivity index (χ4v) is 2.94. The van der Waals surface area contributed by atoms with Crippen LogP contribution in [0.5, 0.6) is 5.75 Å². The van der Waals surface area contributed by atoms with Gasteiger partial charge in [0.05, 0.1) is 0 Å². The van der Waals surface area contributed by atoms with E-state index in [-0.39, 0.29) is 18.4 Å².